The molecular formula is C22H20FN5O5. The third-order valence-corrected chi connectivity index (χ3v) is 6.70. The first-order valence-corrected chi connectivity index (χ1v) is 10.4. The Morgan fingerprint density at radius 3 is 2.55 bits per heavy atom. The molecule has 0 unspecified atom stereocenters. The van der Waals surface area contributed by atoms with Gasteiger partial charge in [0.05, 0.1) is 16.7 Å². The van der Waals surface area contributed by atoms with Gasteiger partial charge >= 0.3 is 6.03 Å². The molecule has 1 N–H and O–H groups in total. The zero-order chi connectivity index (χ0) is 23.5. The molecule has 4 amide bonds. The van der Waals surface area contributed by atoms with Crippen molar-refractivity contribution in [1.82, 2.24) is 10.2 Å². The van der Waals surface area contributed by atoms with Crippen LogP contribution >= 0.6 is 0 Å². The summed E-state index contributed by atoms with van der Waals surface area (Å²) < 4.78 is 13.5. The number of piperazine rings is 1. The number of barbiturate groups is 1. The molecule has 2 atom stereocenters. The molecule has 2 fully saturated rings. The van der Waals surface area contributed by atoms with Gasteiger partial charge in [-0.2, -0.15) is 0 Å². The lowest BCUT2D eigenvalue weighted by Crippen LogP contribution is -2.75. The number of hydrogen-bond acceptors (Lipinski definition) is 7. The van der Waals surface area contributed by atoms with Crippen LogP contribution in [0.5, 0.6) is 0 Å². The zero-order valence-electron chi connectivity index (χ0n) is 17.7. The average Bonchev–Trinajstić information content (AvgIpc) is 2.78. The molecule has 0 aromatic heterocycles. The molecule has 2 saturated heterocycles. The highest BCUT2D eigenvalue weighted by Gasteiger charge is 2.63. The SMILES string of the molecule is CN1CCN2c3ccc([N+](=O)[O-])cc3C[C@]3(C(=O)NC(=O)N(c4ccc(F)cc4)C3=O)[C@@H]2C1. The van der Waals surface area contributed by atoms with Crippen LogP contribution in [0, 0.1) is 21.3 Å². The van der Waals surface area contributed by atoms with Gasteiger partial charge in [-0.25, -0.2) is 14.1 Å². The van der Waals surface area contributed by atoms with Crippen molar-refractivity contribution in [2.24, 2.45) is 5.41 Å². The molecule has 2 aromatic carbocycles. The number of carbonyl (C=O) groups is 3. The summed E-state index contributed by atoms with van der Waals surface area (Å²) in [6.45, 7) is 1.54. The van der Waals surface area contributed by atoms with Crippen LogP contribution in [0.3, 0.4) is 0 Å². The molecular weight excluding hydrogens is 433 g/mol. The second kappa shape index (κ2) is 7.34. The number of nitrogens with one attached hydrogen (secondary N) is 1. The van der Waals surface area contributed by atoms with Crippen LogP contribution in [0.1, 0.15) is 5.56 Å². The molecule has 3 aliphatic heterocycles. The molecule has 1 spiro atoms. The van der Waals surface area contributed by atoms with E-state index in [1.54, 1.807) is 6.07 Å². The summed E-state index contributed by atoms with van der Waals surface area (Å²) in [7, 11) is 1.88. The Morgan fingerprint density at radius 2 is 1.85 bits per heavy atom. The van der Waals surface area contributed by atoms with Crippen molar-refractivity contribution in [3.05, 3.63) is 64.0 Å². The Balaban J connectivity index is 1.68. The Kier molecular flexibility index (Phi) is 4.67. The molecule has 3 aliphatic rings. The molecule has 5 rings (SSSR count). The zero-order valence-corrected chi connectivity index (χ0v) is 17.7. The molecule has 11 heteroatoms. The number of non-ortho nitro benzene ring substituents is 1. The lowest BCUT2D eigenvalue weighted by Gasteiger charge is -2.54. The number of halogens is 1. The minimum Gasteiger partial charge on any atom is -0.364 e. The van der Waals surface area contributed by atoms with Crippen LogP contribution in [0.2, 0.25) is 0 Å². The van der Waals surface area contributed by atoms with Gasteiger partial charge in [-0.3, -0.25) is 25.0 Å². The molecule has 0 saturated carbocycles. The number of rotatable bonds is 2. The van der Waals surface area contributed by atoms with Crippen molar-refractivity contribution in [3.63, 3.8) is 0 Å². The fraction of sp³-hybridized carbons (Fsp3) is 0.318. The Hall–Kier alpha value is -3.86. The van der Waals surface area contributed by atoms with E-state index in [4.69, 9.17) is 0 Å². The van der Waals surface area contributed by atoms with Crippen molar-refractivity contribution >= 4 is 34.9 Å². The number of nitrogens with zero attached hydrogens (tertiary/aromatic N) is 4. The smallest absolute Gasteiger partial charge is 0.335 e. The van der Waals surface area contributed by atoms with Gasteiger partial charge in [0.1, 0.15) is 5.82 Å². The minimum atomic E-state index is -1.70. The van der Waals surface area contributed by atoms with Crippen molar-refractivity contribution in [2.75, 3.05) is 36.5 Å². The van der Waals surface area contributed by atoms with E-state index >= 15 is 0 Å². The largest absolute Gasteiger partial charge is 0.364 e. The van der Waals surface area contributed by atoms with Crippen LogP contribution in [0.4, 0.5) is 26.2 Å². The highest BCUT2D eigenvalue weighted by atomic mass is 19.1. The lowest BCUT2D eigenvalue weighted by atomic mass is 9.67. The van der Waals surface area contributed by atoms with E-state index in [-0.39, 0.29) is 17.8 Å². The van der Waals surface area contributed by atoms with Gasteiger partial charge in [-0.05, 0) is 42.9 Å². The van der Waals surface area contributed by atoms with Gasteiger partial charge in [0, 0.05) is 43.9 Å². The molecule has 33 heavy (non-hydrogen) atoms. The number of nitro benzene ring substituents is 1. The van der Waals surface area contributed by atoms with E-state index in [1.807, 2.05) is 16.8 Å². The number of urea groups is 1. The minimum absolute atomic E-state index is 0.103. The summed E-state index contributed by atoms with van der Waals surface area (Å²) in [4.78, 5) is 55.7. The number of hydrogen-bond donors (Lipinski definition) is 1. The van der Waals surface area contributed by atoms with Crippen molar-refractivity contribution in [3.8, 4) is 0 Å². The van der Waals surface area contributed by atoms with Gasteiger partial charge in [-0.15, -0.1) is 0 Å². The van der Waals surface area contributed by atoms with Gasteiger partial charge in [0.25, 0.3) is 11.6 Å². The van der Waals surface area contributed by atoms with Gasteiger partial charge in [0.15, 0.2) is 5.41 Å². The fourth-order valence-electron chi connectivity index (χ4n) is 5.08. The predicted molar refractivity (Wildman–Crippen MR) is 115 cm³/mol. The number of likely N-dealkylation sites (N-methyl/N-ethyl adjacent to an activating group) is 1. The van der Waals surface area contributed by atoms with E-state index in [0.29, 0.717) is 25.2 Å². The first-order chi connectivity index (χ1) is 15.7. The first kappa shape index (κ1) is 21.0. The number of amides is 4. The van der Waals surface area contributed by atoms with Crippen molar-refractivity contribution < 1.29 is 23.7 Å². The molecule has 170 valence electrons. The number of nitro groups is 1. The summed E-state index contributed by atoms with van der Waals surface area (Å²) in [6, 6.07) is 7.75. The maximum absolute atomic E-state index is 14.0. The predicted octanol–water partition coefficient (Wildman–Crippen LogP) is 1.68. The molecule has 10 nitrogen and oxygen atoms in total. The van der Waals surface area contributed by atoms with E-state index < -0.39 is 40.0 Å². The lowest BCUT2D eigenvalue weighted by molar-refractivity contribution is -0.384. The second-order valence-corrected chi connectivity index (χ2v) is 8.57. The van der Waals surface area contributed by atoms with Crippen LogP contribution in [0.25, 0.3) is 0 Å². The van der Waals surface area contributed by atoms with Crippen LogP contribution in [-0.4, -0.2) is 60.4 Å². The number of fused-ring (bicyclic) bond motifs is 4. The Labute approximate surface area is 187 Å². The van der Waals surface area contributed by atoms with Gasteiger partial charge in [-0.1, -0.05) is 0 Å². The van der Waals surface area contributed by atoms with Crippen LogP contribution in [0.15, 0.2) is 42.5 Å². The maximum Gasteiger partial charge on any atom is 0.335 e. The monoisotopic (exact) mass is 453 g/mol. The van der Waals surface area contributed by atoms with E-state index in [1.165, 1.54) is 24.3 Å². The highest BCUT2D eigenvalue weighted by molar-refractivity contribution is 6.30. The second-order valence-electron chi connectivity index (χ2n) is 8.57. The molecule has 3 heterocycles. The normalized spacial score (nSPS) is 25.0. The molecule has 0 aliphatic carbocycles. The van der Waals surface area contributed by atoms with E-state index in [0.717, 1.165) is 22.7 Å². The number of anilines is 2. The summed E-state index contributed by atoms with van der Waals surface area (Å²) in [5, 5.41) is 13.7. The Morgan fingerprint density at radius 1 is 1.12 bits per heavy atom. The number of imide groups is 2. The summed E-state index contributed by atoms with van der Waals surface area (Å²) in [6.07, 6.45) is -0.103. The van der Waals surface area contributed by atoms with Crippen LogP contribution in [-0.2, 0) is 16.0 Å². The molecule has 0 bridgehead atoms. The van der Waals surface area contributed by atoms with Crippen molar-refractivity contribution in [1.29, 1.82) is 0 Å². The summed E-state index contributed by atoms with van der Waals surface area (Å²) in [5.74, 6) is -2.00. The first-order valence-electron chi connectivity index (χ1n) is 10.4. The molecule has 0 radical (unpaired) electrons. The van der Waals surface area contributed by atoms with Gasteiger partial charge in [0.2, 0.25) is 5.91 Å². The quantitative estimate of drug-likeness (QED) is 0.418. The standard InChI is InChI=1S/C22H20FN5O5/c1-25-8-9-26-17-7-6-16(28(32)33)10-13(17)11-22(18(26)12-25)19(29)24-21(31)27(20(22)30)15-4-2-14(23)3-5-15/h2-7,10,18H,8-9,11-12H2,1H3,(H,24,29,31)/t18-,22+/m0/s1. The fourth-order valence-corrected chi connectivity index (χ4v) is 5.08. The Bertz CT molecular complexity index is 1200. The third kappa shape index (κ3) is 3.07. The van der Waals surface area contributed by atoms with E-state index in [2.05, 4.69) is 5.32 Å². The topological polar surface area (TPSA) is 116 Å². The molecule has 2 aromatic rings. The summed E-state index contributed by atoms with van der Waals surface area (Å²) in [5.41, 5.74) is -0.492. The average molecular weight is 453 g/mol. The maximum atomic E-state index is 14.0. The van der Waals surface area contributed by atoms with Crippen molar-refractivity contribution in [2.45, 2.75) is 12.5 Å². The highest BCUT2D eigenvalue weighted by Crippen LogP contribution is 2.47. The van der Waals surface area contributed by atoms with Crippen LogP contribution < -0.4 is 15.1 Å². The summed E-state index contributed by atoms with van der Waals surface area (Å²) >= 11 is 0. The van der Waals surface area contributed by atoms with E-state index in [9.17, 15) is 28.9 Å². The number of carbonyl (C=O) groups excluding carboxylic acids is 3. The number of benzene rings is 2. The van der Waals surface area contributed by atoms with Gasteiger partial charge < -0.3 is 9.80 Å². The third-order valence-electron chi connectivity index (χ3n) is 6.70.